The molecule has 40 heavy (non-hydrogen) atoms. The number of benzene rings is 2. The summed E-state index contributed by atoms with van der Waals surface area (Å²) >= 11 is 0. The second-order valence-corrected chi connectivity index (χ2v) is 12.6. The second kappa shape index (κ2) is 12.8. The molecule has 0 spiro atoms. The van der Waals surface area contributed by atoms with Crippen LogP contribution in [0.15, 0.2) is 42.5 Å². The Bertz CT molecular complexity index is 1270. The summed E-state index contributed by atoms with van der Waals surface area (Å²) in [5, 5.41) is 16.3. The topological polar surface area (TPSA) is 123 Å². The van der Waals surface area contributed by atoms with Crippen LogP contribution in [0.5, 0.6) is 5.75 Å². The SMILES string of the molecule is CNC(=O)C(Oc1ccc(NS(=O)(=O)N2CCCCC2)c2c1CCCN2)[C@H](CN1CC[C@H](O)C1)c1ccccc1. The number of anilines is 2. The lowest BCUT2D eigenvalue weighted by atomic mass is 9.91. The highest BCUT2D eigenvalue weighted by Crippen LogP contribution is 2.39. The molecule has 3 heterocycles. The third kappa shape index (κ3) is 6.54. The first kappa shape index (κ1) is 28.7. The Balaban J connectivity index is 1.45. The van der Waals surface area contributed by atoms with Crippen molar-refractivity contribution in [3.05, 3.63) is 53.6 Å². The minimum absolute atomic E-state index is 0.235. The van der Waals surface area contributed by atoms with E-state index >= 15 is 0 Å². The van der Waals surface area contributed by atoms with Crippen molar-refractivity contribution >= 4 is 27.5 Å². The first-order valence-electron chi connectivity index (χ1n) is 14.4. The molecule has 2 aromatic rings. The third-order valence-corrected chi connectivity index (χ3v) is 9.65. The maximum atomic E-state index is 13.4. The molecule has 3 atom stereocenters. The van der Waals surface area contributed by atoms with Crippen LogP contribution in [-0.4, -0.2) is 87.2 Å². The van der Waals surface area contributed by atoms with Gasteiger partial charge in [0.2, 0.25) is 0 Å². The van der Waals surface area contributed by atoms with Crippen molar-refractivity contribution in [1.82, 2.24) is 14.5 Å². The molecule has 218 valence electrons. The smallest absolute Gasteiger partial charge is 0.301 e. The Morgan fingerprint density at radius 3 is 2.58 bits per heavy atom. The van der Waals surface area contributed by atoms with Crippen molar-refractivity contribution in [2.75, 3.05) is 56.4 Å². The molecule has 10 nitrogen and oxygen atoms in total. The number of nitrogens with zero attached hydrogens (tertiary/aromatic N) is 2. The minimum atomic E-state index is -3.68. The molecule has 2 saturated heterocycles. The van der Waals surface area contributed by atoms with Gasteiger partial charge in [0.15, 0.2) is 6.10 Å². The van der Waals surface area contributed by atoms with Crippen LogP contribution in [0.2, 0.25) is 0 Å². The summed E-state index contributed by atoms with van der Waals surface area (Å²) in [5.74, 6) is 0.0519. The van der Waals surface area contributed by atoms with Gasteiger partial charge in [0.05, 0.1) is 17.5 Å². The van der Waals surface area contributed by atoms with Crippen LogP contribution in [0.1, 0.15) is 49.1 Å². The number of nitrogens with one attached hydrogen (secondary N) is 3. The first-order chi connectivity index (χ1) is 19.4. The molecule has 1 amide bonds. The van der Waals surface area contributed by atoms with Gasteiger partial charge in [0.1, 0.15) is 5.75 Å². The van der Waals surface area contributed by atoms with Crippen LogP contribution in [0, 0.1) is 0 Å². The molecule has 2 aromatic carbocycles. The summed E-state index contributed by atoms with van der Waals surface area (Å²) in [5.41, 5.74) is 3.05. The molecule has 5 rings (SSSR count). The van der Waals surface area contributed by atoms with E-state index in [0.29, 0.717) is 56.1 Å². The highest BCUT2D eigenvalue weighted by Gasteiger charge is 2.36. The Morgan fingerprint density at radius 1 is 1.10 bits per heavy atom. The van der Waals surface area contributed by atoms with Crippen LogP contribution < -0.4 is 20.1 Å². The molecule has 3 aliphatic heterocycles. The lowest BCUT2D eigenvalue weighted by Crippen LogP contribution is -2.45. The molecule has 3 aliphatic rings. The standard InChI is InChI=1S/C29H41N5O5S/c1-30-29(36)28(24(21-9-4-2-5-10-21)20-33-18-14-22(35)19-33)39-26-13-12-25(27-23(26)11-8-15-31-27)32-40(37,38)34-16-6-3-7-17-34/h2,4-5,9-10,12-13,22,24,28,31-32,35H,3,6-8,11,14-20H2,1H3,(H,30,36)/t22-,24+,28?/m0/s1. The average Bonchev–Trinajstić information content (AvgIpc) is 3.40. The van der Waals surface area contributed by atoms with E-state index in [2.05, 4.69) is 20.3 Å². The Hall–Kier alpha value is -2.86. The normalized spacial score (nSPS) is 21.6. The van der Waals surface area contributed by atoms with Crippen LogP contribution in [0.25, 0.3) is 0 Å². The Kier molecular flexibility index (Phi) is 9.14. The highest BCUT2D eigenvalue weighted by atomic mass is 32.2. The number of rotatable bonds is 10. The van der Waals surface area contributed by atoms with E-state index in [1.54, 1.807) is 19.2 Å². The van der Waals surface area contributed by atoms with E-state index in [0.717, 1.165) is 49.9 Å². The lowest BCUT2D eigenvalue weighted by Gasteiger charge is -2.32. The van der Waals surface area contributed by atoms with Gasteiger partial charge in [0, 0.05) is 57.8 Å². The van der Waals surface area contributed by atoms with Crippen LogP contribution in [-0.2, 0) is 21.4 Å². The predicted molar refractivity (Wildman–Crippen MR) is 156 cm³/mol. The van der Waals surface area contributed by atoms with E-state index in [1.165, 1.54) is 4.31 Å². The molecule has 0 aromatic heterocycles. The monoisotopic (exact) mass is 571 g/mol. The number of carbonyl (C=O) groups is 1. The largest absolute Gasteiger partial charge is 0.480 e. The zero-order valence-electron chi connectivity index (χ0n) is 23.1. The zero-order valence-corrected chi connectivity index (χ0v) is 24.0. The van der Waals surface area contributed by atoms with Gasteiger partial charge in [-0.1, -0.05) is 36.8 Å². The molecular weight excluding hydrogens is 530 g/mol. The minimum Gasteiger partial charge on any atom is -0.480 e. The number of likely N-dealkylation sites (tertiary alicyclic amines) is 1. The number of amides is 1. The fourth-order valence-corrected chi connectivity index (χ4v) is 7.31. The van der Waals surface area contributed by atoms with E-state index in [4.69, 9.17) is 4.74 Å². The van der Waals surface area contributed by atoms with Crippen molar-refractivity contribution in [2.24, 2.45) is 0 Å². The number of aliphatic hydroxyl groups excluding tert-OH is 1. The number of aliphatic hydroxyl groups is 1. The fraction of sp³-hybridized carbons (Fsp3) is 0.552. The lowest BCUT2D eigenvalue weighted by molar-refractivity contribution is -0.128. The summed E-state index contributed by atoms with van der Waals surface area (Å²) in [6.07, 6.45) is 3.86. The van der Waals surface area contributed by atoms with Crippen LogP contribution in [0.4, 0.5) is 11.4 Å². The molecule has 4 N–H and O–H groups in total. The highest BCUT2D eigenvalue weighted by molar-refractivity contribution is 7.90. The van der Waals surface area contributed by atoms with E-state index in [9.17, 15) is 18.3 Å². The van der Waals surface area contributed by atoms with E-state index in [-0.39, 0.29) is 17.9 Å². The third-order valence-electron chi connectivity index (χ3n) is 8.12. The number of piperidine rings is 1. The molecule has 1 unspecified atom stereocenters. The number of fused-ring (bicyclic) bond motifs is 1. The summed E-state index contributed by atoms with van der Waals surface area (Å²) in [6.45, 7) is 3.65. The van der Waals surface area contributed by atoms with E-state index < -0.39 is 16.3 Å². The molecule has 11 heteroatoms. The maximum Gasteiger partial charge on any atom is 0.301 e. The number of hydrogen-bond donors (Lipinski definition) is 4. The number of β-amino-alcohol motifs (C(OH)–C–C–N with tert-alkyl or cyclic N) is 1. The first-order valence-corrected chi connectivity index (χ1v) is 15.8. The van der Waals surface area contributed by atoms with Gasteiger partial charge in [-0.15, -0.1) is 0 Å². The molecule has 0 radical (unpaired) electrons. The van der Waals surface area contributed by atoms with Gasteiger partial charge in [-0.05, 0) is 49.8 Å². The molecule has 0 bridgehead atoms. The van der Waals surface area contributed by atoms with Gasteiger partial charge < -0.3 is 20.5 Å². The van der Waals surface area contributed by atoms with Crippen molar-refractivity contribution in [2.45, 2.75) is 56.7 Å². The fourth-order valence-electron chi connectivity index (χ4n) is 5.99. The van der Waals surface area contributed by atoms with Gasteiger partial charge in [0.25, 0.3) is 5.91 Å². The van der Waals surface area contributed by atoms with Crippen molar-refractivity contribution in [3.8, 4) is 5.75 Å². The number of ether oxygens (including phenoxy) is 1. The van der Waals surface area contributed by atoms with Crippen LogP contribution >= 0.6 is 0 Å². The number of likely N-dealkylation sites (N-methyl/N-ethyl adjacent to an activating group) is 1. The molecule has 0 saturated carbocycles. The van der Waals surface area contributed by atoms with Gasteiger partial charge >= 0.3 is 10.2 Å². The van der Waals surface area contributed by atoms with Gasteiger partial charge in [-0.3, -0.25) is 14.4 Å². The van der Waals surface area contributed by atoms with Crippen molar-refractivity contribution in [3.63, 3.8) is 0 Å². The van der Waals surface area contributed by atoms with Gasteiger partial charge in [-0.25, -0.2) is 0 Å². The number of carbonyl (C=O) groups excluding carboxylic acids is 1. The second-order valence-electron chi connectivity index (χ2n) is 10.9. The van der Waals surface area contributed by atoms with E-state index in [1.807, 2.05) is 30.3 Å². The zero-order chi connectivity index (χ0) is 28.1. The predicted octanol–water partition coefficient (Wildman–Crippen LogP) is 2.53. The molecular formula is C29H41N5O5S. The summed E-state index contributed by atoms with van der Waals surface area (Å²) in [6, 6.07) is 13.4. The van der Waals surface area contributed by atoms with Crippen molar-refractivity contribution < 1.29 is 23.1 Å². The summed E-state index contributed by atoms with van der Waals surface area (Å²) < 4.78 is 37.2. The molecule has 2 fully saturated rings. The van der Waals surface area contributed by atoms with Crippen LogP contribution in [0.3, 0.4) is 0 Å². The Labute approximate surface area is 237 Å². The molecule has 0 aliphatic carbocycles. The number of hydrogen-bond acceptors (Lipinski definition) is 7. The van der Waals surface area contributed by atoms with Gasteiger partial charge in [-0.2, -0.15) is 12.7 Å². The summed E-state index contributed by atoms with van der Waals surface area (Å²) in [7, 11) is -2.07. The average molecular weight is 572 g/mol. The maximum absolute atomic E-state index is 13.4. The quantitative estimate of drug-likeness (QED) is 0.346. The van der Waals surface area contributed by atoms with Crippen molar-refractivity contribution in [1.29, 1.82) is 0 Å². The summed E-state index contributed by atoms with van der Waals surface area (Å²) in [4.78, 5) is 15.5. The Morgan fingerprint density at radius 2 is 1.88 bits per heavy atom.